The van der Waals surface area contributed by atoms with Gasteiger partial charge >= 0.3 is 0 Å². The molecule has 30 heavy (non-hydrogen) atoms. The van der Waals surface area contributed by atoms with Gasteiger partial charge in [-0.25, -0.2) is 0 Å². The van der Waals surface area contributed by atoms with Gasteiger partial charge in [-0.2, -0.15) is 0 Å². The van der Waals surface area contributed by atoms with Gasteiger partial charge in [0, 0.05) is 23.2 Å². The third kappa shape index (κ3) is 8.94. The Hall–Kier alpha value is -1.11. The van der Waals surface area contributed by atoms with E-state index in [0.29, 0.717) is 19.6 Å². The number of hydrogen-bond donors (Lipinski definition) is 1. The Morgan fingerprint density at radius 1 is 0.967 bits per heavy atom. The van der Waals surface area contributed by atoms with Crippen molar-refractivity contribution < 1.29 is 14.3 Å². The molecule has 1 N–H and O–H groups in total. The summed E-state index contributed by atoms with van der Waals surface area (Å²) in [5.41, 5.74) is 1.12. The minimum Gasteiger partial charge on any atom is -0.414 e. The van der Waals surface area contributed by atoms with Crippen molar-refractivity contribution in [3.05, 3.63) is 66.2 Å². The number of hydrogen-bond acceptors (Lipinski definition) is 4. The minimum absolute atomic E-state index is 0.0393. The largest absolute Gasteiger partial charge is 0.414 e. The van der Waals surface area contributed by atoms with E-state index in [-0.39, 0.29) is 11.1 Å². The number of ether oxygens (including phenoxy) is 1. The van der Waals surface area contributed by atoms with Crippen LogP contribution in [-0.2, 0) is 15.8 Å². The third-order valence-electron chi connectivity index (χ3n) is 5.68. The lowest BCUT2D eigenvalue weighted by molar-refractivity contribution is 0.00298. The van der Waals surface area contributed by atoms with E-state index in [9.17, 15) is 5.11 Å². The average molecular weight is 447 g/mol. The maximum atomic E-state index is 10.6. The summed E-state index contributed by atoms with van der Waals surface area (Å²) in [7, 11) is -1.91. The Bertz CT molecular complexity index is 716. The van der Waals surface area contributed by atoms with Gasteiger partial charge in [0.15, 0.2) is 8.32 Å². The fourth-order valence-corrected chi connectivity index (χ4v) is 5.27. The van der Waals surface area contributed by atoms with E-state index < -0.39 is 14.4 Å². The summed E-state index contributed by atoms with van der Waals surface area (Å²) in [6, 6.07) is 20.5. The lowest BCUT2D eigenvalue weighted by Crippen LogP contribution is -2.45. The lowest BCUT2D eigenvalue weighted by atomic mass is 10.1. The van der Waals surface area contributed by atoms with Crippen molar-refractivity contribution in [1.29, 1.82) is 0 Å². The van der Waals surface area contributed by atoms with Crippen LogP contribution in [0.2, 0.25) is 18.1 Å². The van der Waals surface area contributed by atoms with Crippen LogP contribution in [0.15, 0.2) is 65.6 Å². The molecule has 0 aliphatic rings. The summed E-state index contributed by atoms with van der Waals surface area (Å²) >= 11 is 1.85. The van der Waals surface area contributed by atoms with Crippen molar-refractivity contribution >= 4 is 20.1 Å². The molecule has 0 saturated carbocycles. The summed E-state index contributed by atoms with van der Waals surface area (Å²) < 4.78 is 12.4. The molecule has 0 unspecified atom stereocenters. The molecule has 0 radical (unpaired) electrons. The Balaban J connectivity index is 1.88. The first-order chi connectivity index (χ1) is 14.2. The summed E-state index contributed by atoms with van der Waals surface area (Å²) in [6.45, 7) is 12.2. The van der Waals surface area contributed by atoms with Gasteiger partial charge in [0.05, 0.1) is 19.3 Å². The third-order valence-corrected chi connectivity index (χ3v) is 11.3. The Labute approximate surface area is 188 Å². The summed E-state index contributed by atoms with van der Waals surface area (Å²) in [4.78, 5) is 1.27. The second-order valence-electron chi connectivity index (χ2n) is 9.34. The molecule has 0 spiro atoms. The quantitative estimate of drug-likeness (QED) is 0.297. The van der Waals surface area contributed by atoms with Gasteiger partial charge in [0.2, 0.25) is 0 Å². The van der Waals surface area contributed by atoms with Crippen LogP contribution in [0.4, 0.5) is 0 Å². The fourth-order valence-electron chi connectivity index (χ4n) is 2.90. The van der Waals surface area contributed by atoms with Crippen LogP contribution in [0.5, 0.6) is 0 Å². The molecule has 5 heteroatoms. The van der Waals surface area contributed by atoms with Crippen LogP contribution in [0.3, 0.4) is 0 Å². The molecule has 2 rings (SSSR count). The molecule has 0 heterocycles. The van der Waals surface area contributed by atoms with E-state index in [2.05, 4.69) is 58.1 Å². The molecule has 166 valence electrons. The Morgan fingerprint density at radius 3 is 2.17 bits per heavy atom. The number of aliphatic hydroxyl groups is 1. The van der Waals surface area contributed by atoms with Crippen LogP contribution in [0.25, 0.3) is 0 Å². The van der Waals surface area contributed by atoms with E-state index in [0.717, 1.165) is 17.7 Å². The van der Waals surface area contributed by atoms with Crippen LogP contribution in [-0.4, -0.2) is 38.0 Å². The molecule has 3 nitrogen and oxygen atoms in total. The van der Waals surface area contributed by atoms with E-state index in [4.69, 9.17) is 9.16 Å². The van der Waals surface area contributed by atoms with Gasteiger partial charge in [-0.05, 0) is 42.2 Å². The first-order valence-electron chi connectivity index (χ1n) is 10.8. The zero-order valence-corrected chi connectivity index (χ0v) is 21.0. The van der Waals surface area contributed by atoms with Crippen LogP contribution in [0.1, 0.15) is 39.2 Å². The van der Waals surface area contributed by atoms with Gasteiger partial charge < -0.3 is 14.3 Å². The minimum atomic E-state index is -1.91. The van der Waals surface area contributed by atoms with E-state index in [1.807, 2.05) is 48.2 Å². The molecule has 2 atom stereocenters. The average Bonchev–Trinajstić information content (AvgIpc) is 2.68. The molecule has 0 amide bonds. The van der Waals surface area contributed by atoms with Gasteiger partial charge in [0.25, 0.3) is 0 Å². The van der Waals surface area contributed by atoms with Crippen LogP contribution >= 0.6 is 11.8 Å². The van der Waals surface area contributed by atoms with Gasteiger partial charge in [-0.3, -0.25) is 0 Å². The van der Waals surface area contributed by atoms with Crippen molar-refractivity contribution in [2.24, 2.45) is 0 Å². The SMILES string of the molecule is CC(C)(C)[Si](C)(C)O[C@H](CCSc1ccccc1)C[C@@H](O)COCc1ccccc1. The highest BCUT2D eigenvalue weighted by Gasteiger charge is 2.39. The topological polar surface area (TPSA) is 38.7 Å². The highest BCUT2D eigenvalue weighted by molar-refractivity contribution is 7.99. The molecule has 0 aliphatic heterocycles. The Morgan fingerprint density at radius 2 is 1.57 bits per heavy atom. The maximum absolute atomic E-state index is 10.6. The van der Waals surface area contributed by atoms with Gasteiger partial charge in [-0.15, -0.1) is 11.8 Å². The molecular formula is C25H38O3SSi. The van der Waals surface area contributed by atoms with Crippen LogP contribution < -0.4 is 0 Å². The molecule has 0 bridgehead atoms. The Kier molecular flexibility index (Phi) is 10.1. The molecule has 0 saturated heterocycles. The number of aliphatic hydroxyl groups excluding tert-OH is 1. The van der Waals surface area contributed by atoms with Gasteiger partial charge in [-0.1, -0.05) is 69.3 Å². The summed E-state index contributed by atoms with van der Waals surface area (Å²) in [5.74, 6) is 0.973. The number of rotatable bonds is 12. The standard InChI is InChI=1S/C25H38O3SSi/c1-25(2,3)30(4,5)28-23(16-17-29-24-14-10-7-11-15-24)18-22(26)20-27-19-21-12-8-6-9-13-21/h6-15,22-23,26H,16-20H2,1-5H3/t22-,23-/m1/s1. The second-order valence-corrected chi connectivity index (χ2v) is 15.3. The summed E-state index contributed by atoms with van der Waals surface area (Å²) in [6.07, 6.45) is 1.04. The molecule has 0 aliphatic carbocycles. The molecule has 0 fully saturated rings. The highest BCUT2D eigenvalue weighted by atomic mass is 32.2. The monoisotopic (exact) mass is 446 g/mol. The van der Waals surface area contributed by atoms with Crippen molar-refractivity contribution in [3.8, 4) is 0 Å². The van der Waals surface area contributed by atoms with E-state index >= 15 is 0 Å². The molecular weight excluding hydrogens is 408 g/mol. The lowest BCUT2D eigenvalue weighted by Gasteiger charge is -2.39. The van der Waals surface area contributed by atoms with Crippen molar-refractivity contribution in [2.75, 3.05) is 12.4 Å². The zero-order chi connectivity index (χ0) is 22.0. The molecule has 2 aromatic carbocycles. The maximum Gasteiger partial charge on any atom is 0.192 e. The first-order valence-corrected chi connectivity index (χ1v) is 14.7. The zero-order valence-electron chi connectivity index (χ0n) is 19.1. The molecule has 0 aromatic heterocycles. The molecule has 2 aromatic rings. The predicted molar refractivity (Wildman–Crippen MR) is 131 cm³/mol. The van der Waals surface area contributed by atoms with Crippen molar-refractivity contribution in [3.63, 3.8) is 0 Å². The van der Waals surface area contributed by atoms with E-state index in [1.54, 1.807) is 0 Å². The first kappa shape index (κ1) is 25.2. The van der Waals surface area contributed by atoms with Crippen LogP contribution in [0, 0.1) is 0 Å². The van der Waals surface area contributed by atoms with Crippen molar-refractivity contribution in [2.45, 2.75) is 75.5 Å². The van der Waals surface area contributed by atoms with Crippen molar-refractivity contribution in [1.82, 2.24) is 0 Å². The normalized spacial score (nSPS) is 14.5. The highest BCUT2D eigenvalue weighted by Crippen LogP contribution is 2.38. The summed E-state index contributed by atoms with van der Waals surface area (Å²) in [5, 5.41) is 10.8. The smallest absolute Gasteiger partial charge is 0.192 e. The predicted octanol–water partition coefficient (Wildman–Crippen LogP) is 6.53. The van der Waals surface area contributed by atoms with Gasteiger partial charge in [0.1, 0.15) is 0 Å². The van der Waals surface area contributed by atoms with E-state index in [1.165, 1.54) is 4.90 Å². The number of benzene rings is 2. The number of thioether (sulfide) groups is 1. The second kappa shape index (κ2) is 12.1. The fraction of sp³-hybridized carbons (Fsp3) is 0.520.